The molecule has 3 heterocycles. The SMILES string of the molecule is CCOC(=O)CN(CCNS(=O)(=O)c1nnc(-c2ccc([N+](=O)[O-])cc2)s1)C(=O)Cn1cc(C)c(=O)[nH]c1=O.O=C(O)CNCCNS(=O)(=O)c1nnc(-c2ccc([N+](=O)[O-])cc2)s1. The van der Waals surface area contributed by atoms with E-state index < -0.39 is 72.1 Å². The van der Waals surface area contributed by atoms with Gasteiger partial charge in [0.25, 0.3) is 37.0 Å². The maximum Gasteiger partial charge on any atom is 0.328 e. The average Bonchev–Trinajstić information content (AvgIpc) is 3.95. The van der Waals surface area contributed by atoms with Gasteiger partial charge in [-0.3, -0.25) is 49.0 Å². The Labute approximate surface area is 368 Å². The summed E-state index contributed by atoms with van der Waals surface area (Å²) in [4.78, 5) is 82.3. The lowest BCUT2D eigenvalue weighted by Gasteiger charge is -2.22. The number of esters is 1. The second-order valence-electron chi connectivity index (χ2n) is 12.5. The van der Waals surface area contributed by atoms with Gasteiger partial charge in [0.05, 0.1) is 23.0 Å². The zero-order chi connectivity index (χ0) is 47.2. The number of aryl methyl sites for hydroxylation is 1. The zero-order valence-electron chi connectivity index (χ0n) is 33.2. The fraction of sp³-hybridized carbons (Fsp3) is 0.303. The van der Waals surface area contributed by atoms with E-state index in [-0.39, 0.29) is 70.0 Å². The van der Waals surface area contributed by atoms with E-state index in [9.17, 15) is 61.0 Å². The molecule has 5 rings (SSSR count). The number of carbonyl (C=O) groups excluding carboxylic acids is 2. The van der Waals surface area contributed by atoms with E-state index in [2.05, 4.69) is 40.1 Å². The number of H-pyrrole nitrogens is 1. The lowest BCUT2D eigenvalue weighted by molar-refractivity contribution is -0.385. The molecule has 31 heteroatoms. The van der Waals surface area contributed by atoms with Gasteiger partial charge in [0.2, 0.25) is 14.6 Å². The van der Waals surface area contributed by atoms with Crippen LogP contribution in [0.1, 0.15) is 12.5 Å². The number of non-ortho nitro benzene ring substituents is 2. The Balaban J connectivity index is 0.000000309. The lowest BCUT2D eigenvalue weighted by atomic mass is 10.2. The van der Waals surface area contributed by atoms with Crippen LogP contribution in [0.25, 0.3) is 21.1 Å². The van der Waals surface area contributed by atoms with Gasteiger partial charge in [0.1, 0.15) is 23.1 Å². The number of benzene rings is 2. The third kappa shape index (κ3) is 14.4. The van der Waals surface area contributed by atoms with Gasteiger partial charge in [-0.15, -0.1) is 20.4 Å². The number of aromatic nitrogens is 6. The van der Waals surface area contributed by atoms with E-state index in [0.29, 0.717) is 16.1 Å². The topological polar surface area (TPSA) is 381 Å². The minimum atomic E-state index is -4.17. The smallest absolute Gasteiger partial charge is 0.328 e. The summed E-state index contributed by atoms with van der Waals surface area (Å²) < 4.78 is 59.4. The minimum absolute atomic E-state index is 0.0118. The molecule has 0 aliphatic rings. The number of aliphatic carboxylic acids is 1. The second kappa shape index (κ2) is 22.5. The molecule has 64 heavy (non-hydrogen) atoms. The highest BCUT2D eigenvalue weighted by molar-refractivity contribution is 7.91. The molecule has 0 radical (unpaired) electrons. The Morgan fingerprint density at radius 1 is 0.828 bits per heavy atom. The highest BCUT2D eigenvalue weighted by Crippen LogP contribution is 2.28. The highest BCUT2D eigenvalue weighted by atomic mass is 32.3. The Kier molecular flexibility index (Phi) is 17.6. The molecular weight excluding hydrogens is 933 g/mol. The fourth-order valence-corrected chi connectivity index (χ4v) is 9.01. The van der Waals surface area contributed by atoms with Gasteiger partial charge in [-0.25, -0.2) is 31.1 Å². The van der Waals surface area contributed by atoms with E-state index in [1.165, 1.54) is 61.7 Å². The maximum absolute atomic E-state index is 12.9. The van der Waals surface area contributed by atoms with E-state index in [4.69, 9.17) is 9.84 Å². The highest BCUT2D eigenvalue weighted by Gasteiger charge is 2.24. The van der Waals surface area contributed by atoms with Crippen molar-refractivity contribution in [3.05, 3.63) is 101 Å². The maximum atomic E-state index is 12.9. The van der Waals surface area contributed by atoms with Gasteiger partial charge in [0.15, 0.2) is 0 Å². The average molecular weight is 969 g/mol. The van der Waals surface area contributed by atoms with Gasteiger partial charge in [-0.05, 0) is 38.1 Å². The number of carboxylic acids is 1. The molecule has 0 atom stereocenters. The summed E-state index contributed by atoms with van der Waals surface area (Å²) in [6.07, 6.45) is 1.20. The molecule has 1 amide bonds. The van der Waals surface area contributed by atoms with Crippen molar-refractivity contribution in [2.75, 3.05) is 45.9 Å². The van der Waals surface area contributed by atoms with Crippen molar-refractivity contribution >= 4 is 71.9 Å². The molecular formula is C33H36N12O15S4. The number of carboxylic acid groups (broad SMARTS) is 1. The Morgan fingerprint density at radius 2 is 1.33 bits per heavy atom. The lowest BCUT2D eigenvalue weighted by Crippen LogP contribution is -2.44. The summed E-state index contributed by atoms with van der Waals surface area (Å²) in [7, 11) is -8.04. The first-order valence-electron chi connectivity index (χ1n) is 18.0. The minimum Gasteiger partial charge on any atom is -0.480 e. The molecule has 5 N–H and O–H groups in total. The number of aromatic amines is 1. The number of hydrogen-bond donors (Lipinski definition) is 5. The van der Waals surface area contributed by atoms with Crippen molar-refractivity contribution in [3.8, 4) is 21.1 Å². The quantitative estimate of drug-likeness (QED) is 0.0273. The van der Waals surface area contributed by atoms with Crippen molar-refractivity contribution < 1.29 is 50.9 Å². The Bertz CT molecular complexity index is 2830. The molecule has 342 valence electrons. The number of nitro benzene ring substituents is 2. The number of sulfonamides is 2. The predicted octanol–water partition coefficient (Wildman–Crippen LogP) is -0.292. The first kappa shape index (κ1) is 49.9. The van der Waals surface area contributed by atoms with Crippen LogP contribution in [-0.4, -0.2) is 130 Å². The molecule has 0 bridgehead atoms. The molecule has 5 aromatic rings. The van der Waals surface area contributed by atoms with E-state index >= 15 is 0 Å². The molecule has 2 aromatic carbocycles. The zero-order valence-corrected chi connectivity index (χ0v) is 36.5. The Morgan fingerprint density at radius 3 is 1.80 bits per heavy atom. The predicted molar refractivity (Wildman–Crippen MR) is 224 cm³/mol. The Hall–Kier alpha value is -6.77. The van der Waals surface area contributed by atoms with Crippen LogP contribution in [0.15, 0.2) is 73.0 Å². The summed E-state index contributed by atoms with van der Waals surface area (Å²) in [5, 5.41) is 47.8. The monoisotopic (exact) mass is 968 g/mol. The normalized spacial score (nSPS) is 11.3. The molecule has 0 unspecified atom stereocenters. The van der Waals surface area contributed by atoms with Gasteiger partial charge in [-0.1, -0.05) is 22.7 Å². The molecule has 27 nitrogen and oxygen atoms in total. The van der Waals surface area contributed by atoms with Gasteiger partial charge in [-0.2, -0.15) is 0 Å². The van der Waals surface area contributed by atoms with Gasteiger partial charge < -0.3 is 20.1 Å². The third-order valence-corrected chi connectivity index (χ3v) is 13.5. The van der Waals surface area contributed by atoms with Crippen molar-refractivity contribution in [1.82, 2.24) is 49.6 Å². The number of ether oxygens (including phenoxy) is 1. The number of carbonyl (C=O) groups is 3. The fourth-order valence-electron chi connectivity index (χ4n) is 4.87. The summed E-state index contributed by atoms with van der Waals surface area (Å²) >= 11 is 1.55. The van der Waals surface area contributed by atoms with Crippen LogP contribution in [0, 0.1) is 27.2 Å². The second-order valence-corrected chi connectivity index (χ2v) is 18.4. The van der Waals surface area contributed by atoms with Gasteiger partial charge in [0, 0.05) is 73.3 Å². The summed E-state index contributed by atoms with van der Waals surface area (Å²) in [6.45, 7) is 1.33. The van der Waals surface area contributed by atoms with Crippen LogP contribution in [0.5, 0.6) is 0 Å². The van der Waals surface area contributed by atoms with Gasteiger partial charge >= 0.3 is 17.6 Å². The molecule has 0 aliphatic heterocycles. The van der Waals surface area contributed by atoms with E-state index in [1.54, 1.807) is 6.92 Å². The largest absolute Gasteiger partial charge is 0.480 e. The molecule has 0 saturated carbocycles. The molecule has 0 spiro atoms. The van der Waals surface area contributed by atoms with Crippen molar-refractivity contribution in [3.63, 3.8) is 0 Å². The molecule has 0 aliphatic carbocycles. The summed E-state index contributed by atoms with van der Waals surface area (Å²) in [5.74, 6) is -2.48. The number of amides is 1. The van der Waals surface area contributed by atoms with Crippen LogP contribution in [0.2, 0.25) is 0 Å². The van der Waals surface area contributed by atoms with Crippen molar-refractivity contribution in [2.45, 2.75) is 29.1 Å². The summed E-state index contributed by atoms with van der Waals surface area (Å²) in [5.41, 5.74) is -0.522. The number of rotatable bonds is 21. The van der Waals surface area contributed by atoms with Crippen LogP contribution >= 0.6 is 22.7 Å². The number of nitrogens with one attached hydrogen (secondary N) is 4. The molecule has 0 fully saturated rings. The van der Waals surface area contributed by atoms with E-state index in [1.807, 2.05) is 0 Å². The first-order valence-corrected chi connectivity index (χ1v) is 22.6. The van der Waals surface area contributed by atoms with Crippen LogP contribution in [-0.2, 0) is 45.7 Å². The van der Waals surface area contributed by atoms with Crippen molar-refractivity contribution in [2.24, 2.45) is 0 Å². The number of hydrogen-bond acceptors (Lipinski definition) is 21. The third-order valence-electron chi connectivity index (χ3n) is 7.94. The first-order chi connectivity index (χ1) is 30.2. The molecule has 3 aromatic heterocycles. The standard InChI is InChI=1S/C21H23N7O9S2.C12H13N5O6S2/c1-3-37-17(30)12-26(16(29)11-27-10-13(2)18(31)23-20(27)32)9-8-22-39(35,36)21-25-24-19(38-21)14-4-6-15(7-5-14)28(33)34;18-10(19)7-13-5-6-14-25(22,23)12-16-15-11(24-12)8-1-3-9(4-2-8)17(20)21/h4-7,10,22H,3,8-9,11-12H2,1-2H3,(H,23,31,32);1-4,13-14H,5-7H2,(H,18,19). The number of nitrogens with zero attached hydrogens (tertiary/aromatic N) is 8. The summed E-state index contributed by atoms with van der Waals surface area (Å²) in [6, 6.07) is 10.8. The van der Waals surface area contributed by atoms with Crippen LogP contribution in [0.3, 0.4) is 0 Å². The molecule has 0 saturated heterocycles. The van der Waals surface area contributed by atoms with Crippen LogP contribution < -0.4 is 26.0 Å². The van der Waals surface area contributed by atoms with Crippen LogP contribution in [0.4, 0.5) is 11.4 Å². The van der Waals surface area contributed by atoms with E-state index in [0.717, 1.165) is 32.1 Å². The number of nitro groups is 2. The van der Waals surface area contributed by atoms with Crippen molar-refractivity contribution in [1.29, 1.82) is 0 Å².